The van der Waals surface area contributed by atoms with E-state index in [1.165, 1.54) is 6.20 Å². The molecule has 6 nitrogen and oxygen atoms in total. The topological polar surface area (TPSA) is 79.8 Å². The second kappa shape index (κ2) is 4.90. The van der Waals surface area contributed by atoms with Crippen molar-refractivity contribution in [2.45, 2.75) is 6.92 Å². The third-order valence-electron chi connectivity index (χ3n) is 3.32. The zero-order valence-corrected chi connectivity index (χ0v) is 11.7. The summed E-state index contributed by atoms with van der Waals surface area (Å²) in [6, 6.07) is 9.01. The summed E-state index contributed by atoms with van der Waals surface area (Å²) in [6.45, 7) is 1.75. The number of hydrogen-bond acceptors (Lipinski definition) is 3. The van der Waals surface area contributed by atoms with E-state index in [4.69, 9.17) is 0 Å². The van der Waals surface area contributed by atoms with E-state index in [9.17, 15) is 9.59 Å². The Bertz CT molecular complexity index is 878. The molecule has 21 heavy (non-hydrogen) atoms. The molecule has 0 aliphatic heterocycles. The van der Waals surface area contributed by atoms with Crippen LogP contribution >= 0.6 is 0 Å². The highest BCUT2D eigenvalue weighted by Gasteiger charge is 2.17. The number of hydrogen-bond donors (Lipinski definition) is 2. The molecule has 2 aromatic heterocycles. The van der Waals surface area contributed by atoms with Gasteiger partial charge in [0, 0.05) is 18.9 Å². The van der Waals surface area contributed by atoms with Gasteiger partial charge in [0.25, 0.3) is 5.91 Å². The van der Waals surface area contributed by atoms with Crippen molar-refractivity contribution in [3.8, 4) is 0 Å². The predicted octanol–water partition coefficient (Wildman–Crippen LogP) is 1.82. The minimum Gasteiger partial charge on any atom is -0.345 e. The quantitative estimate of drug-likeness (QED) is 0.752. The smallest absolute Gasteiger partial charge is 0.261 e. The Balaban J connectivity index is 2.05. The van der Waals surface area contributed by atoms with Gasteiger partial charge in [-0.25, -0.2) is 0 Å². The van der Waals surface area contributed by atoms with Gasteiger partial charge in [0.1, 0.15) is 11.2 Å². The molecule has 1 amide bonds. The van der Waals surface area contributed by atoms with E-state index in [-0.39, 0.29) is 11.0 Å². The number of amides is 1. The van der Waals surface area contributed by atoms with Gasteiger partial charge in [-0.05, 0) is 19.1 Å². The summed E-state index contributed by atoms with van der Waals surface area (Å²) in [7, 11) is 1.75. The van der Waals surface area contributed by atoms with Crippen LogP contribution in [0.5, 0.6) is 0 Å². The summed E-state index contributed by atoms with van der Waals surface area (Å²) in [4.78, 5) is 27.7. The summed E-state index contributed by atoms with van der Waals surface area (Å²) < 4.78 is 1.59. The van der Waals surface area contributed by atoms with Gasteiger partial charge in [0.15, 0.2) is 0 Å². The highest BCUT2D eigenvalue weighted by atomic mass is 16.2. The number of para-hydroxylation sites is 1. The van der Waals surface area contributed by atoms with Crippen LogP contribution in [0.4, 0.5) is 5.69 Å². The van der Waals surface area contributed by atoms with Gasteiger partial charge in [-0.2, -0.15) is 5.10 Å². The molecule has 0 aliphatic carbocycles. The number of nitrogens with zero attached hydrogens (tertiary/aromatic N) is 2. The van der Waals surface area contributed by atoms with Crippen LogP contribution in [0.1, 0.15) is 16.1 Å². The first-order chi connectivity index (χ1) is 10.1. The molecule has 0 saturated heterocycles. The third kappa shape index (κ3) is 2.20. The van der Waals surface area contributed by atoms with Crippen molar-refractivity contribution in [2.24, 2.45) is 7.05 Å². The largest absolute Gasteiger partial charge is 0.345 e. The first kappa shape index (κ1) is 13.1. The van der Waals surface area contributed by atoms with E-state index in [0.717, 1.165) is 0 Å². The number of H-pyrrole nitrogens is 1. The molecule has 0 saturated carbocycles. The second-order valence-electron chi connectivity index (χ2n) is 4.78. The number of benzene rings is 1. The molecule has 0 atom stereocenters. The van der Waals surface area contributed by atoms with Gasteiger partial charge in [0.05, 0.1) is 11.1 Å². The van der Waals surface area contributed by atoms with E-state index in [1.54, 1.807) is 30.8 Å². The van der Waals surface area contributed by atoms with Crippen LogP contribution in [0.15, 0.2) is 41.3 Å². The molecule has 0 fully saturated rings. The number of fused-ring (bicyclic) bond motifs is 1. The van der Waals surface area contributed by atoms with Gasteiger partial charge < -0.3 is 10.3 Å². The highest BCUT2D eigenvalue weighted by molar-refractivity contribution is 6.05. The van der Waals surface area contributed by atoms with Crippen molar-refractivity contribution in [3.63, 3.8) is 0 Å². The van der Waals surface area contributed by atoms with Crippen molar-refractivity contribution in [2.75, 3.05) is 5.32 Å². The first-order valence-electron chi connectivity index (χ1n) is 6.49. The number of pyridine rings is 1. The van der Waals surface area contributed by atoms with E-state index in [0.29, 0.717) is 22.4 Å². The van der Waals surface area contributed by atoms with Gasteiger partial charge in [-0.15, -0.1) is 0 Å². The third-order valence-corrected chi connectivity index (χ3v) is 3.32. The molecule has 3 rings (SSSR count). The number of carbonyl (C=O) groups is 1. The Labute approximate surface area is 120 Å². The normalized spacial score (nSPS) is 10.8. The lowest BCUT2D eigenvalue weighted by molar-refractivity contribution is 0.102. The van der Waals surface area contributed by atoms with Crippen molar-refractivity contribution < 1.29 is 4.79 Å². The number of rotatable bonds is 2. The Morgan fingerprint density at radius 2 is 2.00 bits per heavy atom. The Morgan fingerprint density at radius 3 is 2.71 bits per heavy atom. The zero-order valence-electron chi connectivity index (χ0n) is 11.7. The summed E-state index contributed by atoms with van der Waals surface area (Å²) >= 11 is 0. The van der Waals surface area contributed by atoms with Crippen molar-refractivity contribution in [3.05, 3.63) is 58.0 Å². The molecule has 3 aromatic rings. The Morgan fingerprint density at radius 1 is 1.29 bits per heavy atom. The molecule has 106 valence electrons. The van der Waals surface area contributed by atoms with Crippen molar-refractivity contribution in [1.29, 1.82) is 0 Å². The number of nitrogens with one attached hydrogen (secondary N) is 2. The van der Waals surface area contributed by atoms with Crippen LogP contribution < -0.4 is 10.7 Å². The lowest BCUT2D eigenvalue weighted by atomic mass is 10.2. The number of carbonyl (C=O) groups excluding carboxylic acids is 1. The summed E-state index contributed by atoms with van der Waals surface area (Å²) in [5, 5.41) is 7.34. The fourth-order valence-electron chi connectivity index (χ4n) is 2.32. The average Bonchev–Trinajstić information content (AvgIpc) is 2.76. The summed E-state index contributed by atoms with van der Waals surface area (Å²) in [5.74, 6) is -0.437. The SMILES string of the molecule is Cc1nn(C)c2[nH]cc(C(=O)Nc3ccccc3)c(=O)c12. The molecule has 0 radical (unpaired) electrons. The second-order valence-corrected chi connectivity index (χ2v) is 4.78. The molecule has 2 N–H and O–H groups in total. The van der Waals surface area contributed by atoms with Crippen LogP contribution in [0.3, 0.4) is 0 Å². The van der Waals surface area contributed by atoms with Crippen LogP contribution in [0, 0.1) is 6.92 Å². The molecule has 0 unspecified atom stereocenters. The van der Waals surface area contributed by atoms with E-state index < -0.39 is 5.91 Å². The first-order valence-corrected chi connectivity index (χ1v) is 6.49. The van der Waals surface area contributed by atoms with Crippen molar-refractivity contribution in [1.82, 2.24) is 14.8 Å². The predicted molar refractivity (Wildman–Crippen MR) is 80.5 cm³/mol. The van der Waals surface area contributed by atoms with Gasteiger partial charge in [-0.1, -0.05) is 18.2 Å². The van der Waals surface area contributed by atoms with Crippen molar-refractivity contribution >= 4 is 22.6 Å². The van der Waals surface area contributed by atoms with Crippen LogP contribution in [0.25, 0.3) is 11.0 Å². The minimum atomic E-state index is -0.437. The number of aromatic nitrogens is 3. The summed E-state index contributed by atoms with van der Waals surface area (Å²) in [5.41, 5.74) is 1.60. The lowest BCUT2D eigenvalue weighted by Gasteiger charge is -2.04. The summed E-state index contributed by atoms with van der Waals surface area (Å²) in [6.07, 6.45) is 1.42. The number of aryl methyl sites for hydroxylation is 2. The number of anilines is 1. The van der Waals surface area contributed by atoms with Crippen LogP contribution in [0.2, 0.25) is 0 Å². The molecular weight excluding hydrogens is 268 g/mol. The fraction of sp³-hybridized carbons (Fsp3) is 0.133. The van der Waals surface area contributed by atoms with E-state index in [2.05, 4.69) is 15.4 Å². The highest BCUT2D eigenvalue weighted by Crippen LogP contribution is 2.12. The van der Waals surface area contributed by atoms with Gasteiger partial charge in [-0.3, -0.25) is 14.3 Å². The van der Waals surface area contributed by atoms with Gasteiger partial charge >= 0.3 is 0 Å². The monoisotopic (exact) mass is 282 g/mol. The fourth-order valence-corrected chi connectivity index (χ4v) is 2.32. The van der Waals surface area contributed by atoms with Crippen LogP contribution in [-0.2, 0) is 7.05 Å². The molecular formula is C15H14N4O2. The molecule has 0 spiro atoms. The molecule has 6 heteroatoms. The minimum absolute atomic E-state index is 0.0717. The molecule has 0 aliphatic rings. The van der Waals surface area contributed by atoms with Crippen LogP contribution in [-0.4, -0.2) is 20.7 Å². The molecule has 2 heterocycles. The zero-order chi connectivity index (χ0) is 15.0. The maximum atomic E-state index is 12.5. The Kier molecular flexibility index (Phi) is 3.06. The number of aromatic amines is 1. The maximum absolute atomic E-state index is 12.5. The van der Waals surface area contributed by atoms with E-state index >= 15 is 0 Å². The van der Waals surface area contributed by atoms with E-state index in [1.807, 2.05) is 18.2 Å². The molecule has 1 aromatic carbocycles. The molecule has 0 bridgehead atoms. The Hall–Kier alpha value is -2.89. The van der Waals surface area contributed by atoms with Gasteiger partial charge in [0.2, 0.25) is 5.43 Å². The maximum Gasteiger partial charge on any atom is 0.261 e. The standard InChI is InChI=1S/C15H14N4O2/c1-9-12-13(20)11(8-16-14(12)19(2)18-9)15(21)17-10-6-4-3-5-7-10/h3-8H,1-2H3,(H,16,20)(H,17,21). The average molecular weight is 282 g/mol. The lowest BCUT2D eigenvalue weighted by Crippen LogP contribution is -2.22.